The Morgan fingerprint density at radius 1 is 1.17 bits per heavy atom. The molecule has 2 aromatic rings. The van der Waals surface area contributed by atoms with Crippen LogP contribution in [-0.2, 0) is 7.05 Å². The fourth-order valence-corrected chi connectivity index (χ4v) is 4.70. The monoisotopic (exact) mass is 325 g/mol. The number of para-hydroxylation sites is 1. The van der Waals surface area contributed by atoms with Gasteiger partial charge in [-0.1, -0.05) is 25.1 Å². The third-order valence-electron chi connectivity index (χ3n) is 5.81. The van der Waals surface area contributed by atoms with E-state index in [0.29, 0.717) is 18.0 Å². The van der Waals surface area contributed by atoms with Crippen molar-refractivity contribution in [3.63, 3.8) is 0 Å². The van der Waals surface area contributed by atoms with Gasteiger partial charge in [0.2, 0.25) is 0 Å². The molecule has 4 heteroatoms. The SMILES string of the molecule is CC1CC2CN(CCC(C)N2C(=O)c2cn(C)c3ccccc23)C1. The molecule has 2 fully saturated rings. The molecule has 4 nitrogen and oxygen atoms in total. The lowest BCUT2D eigenvalue weighted by Crippen LogP contribution is -2.51. The summed E-state index contributed by atoms with van der Waals surface area (Å²) in [6, 6.07) is 8.86. The summed E-state index contributed by atoms with van der Waals surface area (Å²) >= 11 is 0. The molecular weight excluding hydrogens is 298 g/mol. The number of carbonyl (C=O) groups excluding carboxylic acids is 1. The van der Waals surface area contributed by atoms with Crippen molar-refractivity contribution in [2.45, 2.75) is 38.8 Å². The lowest BCUT2D eigenvalue weighted by Gasteiger charge is -2.40. The first-order valence-corrected chi connectivity index (χ1v) is 9.13. The minimum absolute atomic E-state index is 0.209. The van der Waals surface area contributed by atoms with E-state index >= 15 is 0 Å². The molecule has 2 aliphatic rings. The van der Waals surface area contributed by atoms with Gasteiger partial charge in [-0.15, -0.1) is 0 Å². The number of hydrogen-bond acceptors (Lipinski definition) is 2. The Balaban J connectivity index is 1.73. The molecule has 1 aromatic carbocycles. The number of piperidine rings is 1. The normalized spacial score (nSPS) is 30.4. The highest BCUT2D eigenvalue weighted by atomic mass is 16.2. The summed E-state index contributed by atoms with van der Waals surface area (Å²) in [7, 11) is 2.02. The van der Waals surface area contributed by atoms with E-state index in [2.05, 4.69) is 40.3 Å². The summed E-state index contributed by atoms with van der Waals surface area (Å²) < 4.78 is 2.07. The minimum atomic E-state index is 0.209. The molecule has 24 heavy (non-hydrogen) atoms. The van der Waals surface area contributed by atoms with Crippen LogP contribution in [-0.4, -0.2) is 52.0 Å². The number of rotatable bonds is 1. The van der Waals surface area contributed by atoms with E-state index in [4.69, 9.17) is 0 Å². The number of aryl methyl sites for hydroxylation is 1. The van der Waals surface area contributed by atoms with Gasteiger partial charge in [0.15, 0.2) is 0 Å². The van der Waals surface area contributed by atoms with E-state index in [-0.39, 0.29) is 5.91 Å². The molecule has 3 heterocycles. The number of benzene rings is 1. The molecule has 1 aromatic heterocycles. The molecule has 0 saturated carbocycles. The maximum absolute atomic E-state index is 13.5. The quantitative estimate of drug-likeness (QED) is 0.806. The molecule has 0 aliphatic carbocycles. The smallest absolute Gasteiger partial charge is 0.256 e. The van der Waals surface area contributed by atoms with Gasteiger partial charge in [-0.25, -0.2) is 0 Å². The molecule has 2 aliphatic heterocycles. The average molecular weight is 325 g/mol. The summed E-state index contributed by atoms with van der Waals surface area (Å²) in [5.74, 6) is 0.872. The van der Waals surface area contributed by atoms with Gasteiger partial charge in [-0.2, -0.15) is 0 Å². The Morgan fingerprint density at radius 2 is 1.96 bits per heavy atom. The van der Waals surface area contributed by atoms with Crippen LogP contribution in [0.3, 0.4) is 0 Å². The molecule has 0 radical (unpaired) electrons. The zero-order chi connectivity index (χ0) is 16.8. The standard InChI is InChI=1S/C20H27N3O/c1-14-10-16-12-22(11-14)9-8-15(2)23(16)20(24)18-13-21(3)19-7-5-4-6-17(18)19/h4-7,13-16H,8-12H2,1-3H3. The lowest BCUT2D eigenvalue weighted by atomic mass is 9.94. The zero-order valence-corrected chi connectivity index (χ0v) is 14.9. The fraction of sp³-hybridized carbons (Fsp3) is 0.550. The molecule has 4 atom stereocenters. The van der Waals surface area contributed by atoms with Crippen molar-refractivity contribution in [1.29, 1.82) is 0 Å². The highest BCUT2D eigenvalue weighted by Gasteiger charge is 2.37. The molecule has 2 saturated heterocycles. The second kappa shape index (κ2) is 5.92. The largest absolute Gasteiger partial charge is 0.350 e. The number of carbonyl (C=O) groups is 1. The van der Waals surface area contributed by atoms with Crippen LogP contribution in [0.4, 0.5) is 0 Å². The zero-order valence-electron chi connectivity index (χ0n) is 14.9. The van der Waals surface area contributed by atoms with Gasteiger partial charge in [0, 0.05) is 55.9 Å². The van der Waals surface area contributed by atoms with Crippen LogP contribution in [0.2, 0.25) is 0 Å². The first kappa shape index (κ1) is 15.7. The predicted molar refractivity (Wildman–Crippen MR) is 97.2 cm³/mol. The van der Waals surface area contributed by atoms with Gasteiger partial charge in [-0.3, -0.25) is 4.79 Å². The Hall–Kier alpha value is -1.81. The highest BCUT2D eigenvalue weighted by Crippen LogP contribution is 2.30. The van der Waals surface area contributed by atoms with Crippen molar-refractivity contribution in [3.8, 4) is 0 Å². The number of nitrogens with zero attached hydrogens (tertiary/aromatic N) is 3. The van der Waals surface area contributed by atoms with E-state index < -0.39 is 0 Å². The van der Waals surface area contributed by atoms with E-state index in [1.54, 1.807) is 0 Å². The van der Waals surface area contributed by atoms with Crippen molar-refractivity contribution in [2.24, 2.45) is 13.0 Å². The van der Waals surface area contributed by atoms with Gasteiger partial charge < -0.3 is 14.4 Å². The van der Waals surface area contributed by atoms with Gasteiger partial charge in [0.25, 0.3) is 5.91 Å². The van der Waals surface area contributed by atoms with Crippen LogP contribution >= 0.6 is 0 Å². The number of amides is 1. The predicted octanol–water partition coefficient (Wildman–Crippen LogP) is 3.12. The van der Waals surface area contributed by atoms with E-state index in [0.717, 1.165) is 42.4 Å². The summed E-state index contributed by atoms with van der Waals surface area (Å²) in [4.78, 5) is 18.2. The molecule has 0 N–H and O–H groups in total. The van der Waals surface area contributed by atoms with Crippen molar-refractivity contribution >= 4 is 16.8 Å². The Morgan fingerprint density at radius 3 is 2.79 bits per heavy atom. The highest BCUT2D eigenvalue weighted by molar-refractivity contribution is 6.07. The van der Waals surface area contributed by atoms with Crippen LogP contribution in [0, 0.1) is 5.92 Å². The van der Waals surface area contributed by atoms with Gasteiger partial charge in [-0.05, 0) is 31.7 Å². The van der Waals surface area contributed by atoms with E-state index in [9.17, 15) is 4.79 Å². The van der Waals surface area contributed by atoms with Crippen LogP contribution in [0.15, 0.2) is 30.5 Å². The number of hydrogen-bond donors (Lipinski definition) is 0. The topological polar surface area (TPSA) is 28.5 Å². The molecular formula is C20H27N3O. The number of aromatic nitrogens is 1. The average Bonchev–Trinajstić information content (AvgIpc) is 2.84. The summed E-state index contributed by atoms with van der Waals surface area (Å²) in [5, 5.41) is 1.07. The maximum atomic E-state index is 13.5. The van der Waals surface area contributed by atoms with Gasteiger partial charge in [0.05, 0.1) is 5.56 Å². The lowest BCUT2D eigenvalue weighted by molar-refractivity contribution is 0.0492. The first-order chi connectivity index (χ1) is 11.5. The third-order valence-corrected chi connectivity index (χ3v) is 5.81. The summed E-state index contributed by atoms with van der Waals surface area (Å²) in [6.07, 6.45) is 4.20. The van der Waals surface area contributed by atoms with Crippen molar-refractivity contribution in [2.75, 3.05) is 19.6 Å². The van der Waals surface area contributed by atoms with Crippen LogP contribution in [0.5, 0.6) is 0 Å². The molecule has 4 rings (SSSR count). The number of fused-ring (bicyclic) bond motifs is 3. The third kappa shape index (κ3) is 2.53. The Bertz CT molecular complexity index is 765. The van der Waals surface area contributed by atoms with Crippen molar-refractivity contribution < 1.29 is 4.79 Å². The van der Waals surface area contributed by atoms with E-state index in [1.165, 1.54) is 6.54 Å². The van der Waals surface area contributed by atoms with Crippen LogP contribution in [0.25, 0.3) is 10.9 Å². The van der Waals surface area contributed by atoms with E-state index in [1.807, 2.05) is 25.4 Å². The molecule has 1 amide bonds. The Kier molecular flexibility index (Phi) is 3.87. The summed E-state index contributed by atoms with van der Waals surface area (Å²) in [6.45, 7) is 7.86. The van der Waals surface area contributed by atoms with Crippen LogP contribution in [0.1, 0.15) is 37.0 Å². The van der Waals surface area contributed by atoms with Crippen LogP contribution < -0.4 is 0 Å². The minimum Gasteiger partial charge on any atom is -0.350 e. The molecule has 4 unspecified atom stereocenters. The Labute approximate surface area is 144 Å². The molecule has 128 valence electrons. The molecule has 2 bridgehead atoms. The maximum Gasteiger partial charge on any atom is 0.256 e. The molecule has 0 spiro atoms. The second-order valence-electron chi connectivity index (χ2n) is 7.78. The summed E-state index contributed by atoms with van der Waals surface area (Å²) in [5.41, 5.74) is 1.98. The second-order valence-corrected chi connectivity index (χ2v) is 7.78. The van der Waals surface area contributed by atoms with Gasteiger partial charge >= 0.3 is 0 Å². The first-order valence-electron chi connectivity index (χ1n) is 9.13. The fourth-order valence-electron chi connectivity index (χ4n) is 4.70. The van der Waals surface area contributed by atoms with Gasteiger partial charge in [0.1, 0.15) is 0 Å². The van der Waals surface area contributed by atoms with Crippen molar-refractivity contribution in [1.82, 2.24) is 14.4 Å². The van der Waals surface area contributed by atoms with Crippen molar-refractivity contribution in [3.05, 3.63) is 36.0 Å².